The summed E-state index contributed by atoms with van der Waals surface area (Å²) < 4.78 is 67.4. The zero-order chi connectivity index (χ0) is 24.5. The summed E-state index contributed by atoms with van der Waals surface area (Å²) in [6.45, 7) is 1.73. The Balaban J connectivity index is 1.80. The van der Waals surface area contributed by atoms with E-state index in [0.29, 0.717) is 5.56 Å². The van der Waals surface area contributed by atoms with Gasteiger partial charge in [0.15, 0.2) is 11.6 Å². The van der Waals surface area contributed by atoms with Gasteiger partial charge >= 0.3 is 5.97 Å². The van der Waals surface area contributed by atoms with Gasteiger partial charge in [-0.05, 0) is 54.8 Å². The summed E-state index contributed by atoms with van der Waals surface area (Å²) >= 11 is 0. The summed E-state index contributed by atoms with van der Waals surface area (Å²) in [5.74, 6) is -2.20. The molecule has 0 spiro atoms. The average molecular weight is 488 g/mol. The minimum absolute atomic E-state index is 0.00326. The Morgan fingerprint density at radius 2 is 1.88 bits per heavy atom. The van der Waals surface area contributed by atoms with E-state index >= 15 is 0 Å². The number of carbonyl (C=O) groups is 1. The topological polar surface area (TPSA) is 72.9 Å². The molecular formula is C25H23F2NO5S. The van der Waals surface area contributed by atoms with Gasteiger partial charge in [-0.3, -0.25) is 9.10 Å². The van der Waals surface area contributed by atoms with Crippen LogP contribution in [0.1, 0.15) is 18.4 Å². The van der Waals surface area contributed by atoms with Gasteiger partial charge in [0, 0.05) is 12.0 Å². The van der Waals surface area contributed by atoms with E-state index in [9.17, 15) is 22.0 Å². The Kier molecular flexibility index (Phi) is 6.56. The van der Waals surface area contributed by atoms with Crippen molar-refractivity contribution >= 4 is 21.7 Å². The number of rotatable bonds is 6. The monoisotopic (exact) mass is 487 g/mol. The zero-order valence-electron chi connectivity index (χ0n) is 18.6. The summed E-state index contributed by atoms with van der Waals surface area (Å²) in [5.41, 5.74) is 1.28. The van der Waals surface area contributed by atoms with E-state index in [4.69, 9.17) is 4.74 Å². The predicted molar refractivity (Wildman–Crippen MR) is 123 cm³/mol. The number of hydrogen-bond donors (Lipinski definition) is 0. The van der Waals surface area contributed by atoms with Gasteiger partial charge in [-0.1, -0.05) is 30.3 Å². The minimum atomic E-state index is -4.02. The third kappa shape index (κ3) is 4.61. The molecule has 4 rings (SSSR count). The number of halogens is 2. The maximum Gasteiger partial charge on any atom is 0.305 e. The number of methoxy groups -OCH3 is 1. The highest BCUT2D eigenvalue weighted by molar-refractivity contribution is 7.92. The first-order chi connectivity index (χ1) is 16.2. The molecule has 1 aliphatic heterocycles. The fourth-order valence-electron chi connectivity index (χ4n) is 3.87. The Morgan fingerprint density at radius 1 is 1.12 bits per heavy atom. The van der Waals surface area contributed by atoms with Crippen LogP contribution >= 0.6 is 0 Å². The molecule has 0 amide bonds. The van der Waals surface area contributed by atoms with Gasteiger partial charge in [0.2, 0.25) is 0 Å². The van der Waals surface area contributed by atoms with Crippen molar-refractivity contribution in [3.63, 3.8) is 0 Å². The molecule has 1 heterocycles. The van der Waals surface area contributed by atoms with E-state index in [1.165, 1.54) is 47.8 Å². The number of anilines is 1. The molecule has 0 N–H and O–H groups in total. The van der Waals surface area contributed by atoms with Crippen molar-refractivity contribution in [3.8, 4) is 16.9 Å². The molecule has 0 bridgehead atoms. The van der Waals surface area contributed by atoms with E-state index in [0.717, 1.165) is 11.6 Å². The van der Waals surface area contributed by atoms with Crippen LogP contribution in [0.4, 0.5) is 14.5 Å². The van der Waals surface area contributed by atoms with Crippen LogP contribution in [0.2, 0.25) is 0 Å². The van der Waals surface area contributed by atoms with Crippen LogP contribution in [0.5, 0.6) is 5.75 Å². The van der Waals surface area contributed by atoms with E-state index in [1.807, 2.05) is 0 Å². The second-order valence-electron chi connectivity index (χ2n) is 7.99. The molecule has 0 saturated carbocycles. The van der Waals surface area contributed by atoms with E-state index < -0.39 is 33.7 Å². The van der Waals surface area contributed by atoms with Gasteiger partial charge in [0.25, 0.3) is 10.0 Å². The van der Waals surface area contributed by atoms with Crippen LogP contribution in [-0.4, -0.2) is 34.1 Å². The largest absolute Gasteiger partial charge is 0.486 e. The summed E-state index contributed by atoms with van der Waals surface area (Å²) in [5, 5.41) is 0. The molecule has 1 aliphatic rings. The van der Waals surface area contributed by atoms with Gasteiger partial charge in [-0.25, -0.2) is 17.2 Å². The van der Waals surface area contributed by atoms with Crippen molar-refractivity contribution < 1.29 is 31.5 Å². The third-order valence-corrected chi connectivity index (χ3v) is 7.40. The molecule has 34 heavy (non-hydrogen) atoms. The molecule has 9 heteroatoms. The third-order valence-electron chi connectivity index (χ3n) is 5.63. The summed E-state index contributed by atoms with van der Waals surface area (Å²) in [6, 6.07) is 14.8. The van der Waals surface area contributed by atoms with Crippen LogP contribution in [0.15, 0.2) is 65.6 Å². The van der Waals surface area contributed by atoms with Gasteiger partial charge < -0.3 is 9.47 Å². The second kappa shape index (κ2) is 9.42. The maximum atomic E-state index is 14.4. The lowest BCUT2D eigenvalue weighted by molar-refractivity contribution is -0.141. The standard InChI is InChI=1S/C25H23F2NO5S/c1-16-5-3-6-19(13-16)34(30,31)28-15-18(10-12-24(29)32-2)33-23-11-9-17(14-22(23)28)20-7-4-8-21(26)25(20)27/h3-9,11,13-14,18H,10,12,15H2,1-2H3/t18-/m0/s1. The van der Waals surface area contributed by atoms with Gasteiger partial charge in [-0.15, -0.1) is 0 Å². The average Bonchev–Trinajstić information content (AvgIpc) is 2.83. The SMILES string of the molecule is COC(=O)CC[C@H]1CN(S(=O)(=O)c2cccc(C)c2)c2cc(-c3cccc(F)c3F)ccc2O1. The minimum Gasteiger partial charge on any atom is -0.486 e. The fraction of sp³-hybridized carbons (Fsp3) is 0.240. The molecule has 1 atom stereocenters. The van der Waals surface area contributed by atoms with Crippen molar-refractivity contribution in [1.82, 2.24) is 0 Å². The number of ether oxygens (including phenoxy) is 2. The quantitative estimate of drug-likeness (QED) is 0.465. The number of carbonyl (C=O) groups excluding carboxylic acids is 1. The highest BCUT2D eigenvalue weighted by Crippen LogP contribution is 2.41. The van der Waals surface area contributed by atoms with E-state index in [1.54, 1.807) is 25.1 Å². The van der Waals surface area contributed by atoms with Gasteiger partial charge in [0.1, 0.15) is 11.9 Å². The normalized spacial score (nSPS) is 15.4. The predicted octanol–water partition coefficient (Wildman–Crippen LogP) is 4.85. The fourth-order valence-corrected chi connectivity index (χ4v) is 5.47. The Labute approximate surface area is 196 Å². The van der Waals surface area contributed by atoms with E-state index in [2.05, 4.69) is 4.74 Å². The smallest absolute Gasteiger partial charge is 0.305 e. The first kappa shape index (κ1) is 23.7. The van der Waals surface area contributed by atoms with Crippen molar-refractivity contribution in [3.05, 3.63) is 77.9 Å². The molecule has 6 nitrogen and oxygen atoms in total. The number of esters is 1. The molecule has 0 fully saturated rings. The first-order valence-electron chi connectivity index (χ1n) is 10.6. The number of fused-ring (bicyclic) bond motifs is 1. The summed E-state index contributed by atoms with van der Waals surface area (Å²) in [7, 11) is -2.74. The van der Waals surface area contributed by atoms with Gasteiger partial charge in [-0.2, -0.15) is 0 Å². The van der Waals surface area contributed by atoms with Crippen LogP contribution in [0, 0.1) is 18.6 Å². The van der Waals surface area contributed by atoms with Crippen molar-refractivity contribution in [2.24, 2.45) is 0 Å². The Morgan fingerprint density at radius 3 is 2.62 bits per heavy atom. The molecule has 0 radical (unpaired) electrons. The lowest BCUT2D eigenvalue weighted by Crippen LogP contribution is -2.43. The van der Waals surface area contributed by atoms with E-state index in [-0.39, 0.29) is 41.3 Å². The molecule has 3 aromatic carbocycles. The zero-order valence-corrected chi connectivity index (χ0v) is 19.4. The molecule has 178 valence electrons. The molecule has 0 aromatic heterocycles. The summed E-state index contributed by atoms with van der Waals surface area (Å²) in [4.78, 5) is 11.7. The van der Waals surface area contributed by atoms with Crippen molar-refractivity contribution in [2.75, 3.05) is 18.0 Å². The molecule has 0 unspecified atom stereocenters. The lowest BCUT2D eigenvalue weighted by Gasteiger charge is -2.36. The number of sulfonamides is 1. The Bertz CT molecular complexity index is 1340. The molecule has 3 aromatic rings. The van der Waals surface area contributed by atoms with Crippen LogP contribution < -0.4 is 9.04 Å². The highest BCUT2D eigenvalue weighted by Gasteiger charge is 2.35. The maximum absolute atomic E-state index is 14.4. The van der Waals surface area contributed by atoms with Crippen LogP contribution in [0.3, 0.4) is 0 Å². The lowest BCUT2D eigenvalue weighted by atomic mass is 10.0. The van der Waals surface area contributed by atoms with Crippen LogP contribution in [-0.2, 0) is 19.6 Å². The molecule has 0 saturated heterocycles. The molecule has 0 aliphatic carbocycles. The molecular weight excluding hydrogens is 464 g/mol. The highest BCUT2D eigenvalue weighted by atomic mass is 32.2. The second-order valence-corrected chi connectivity index (χ2v) is 9.85. The van der Waals surface area contributed by atoms with Gasteiger partial charge in [0.05, 0.1) is 24.2 Å². The number of hydrogen-bond acceptors (Lipinski definition) is 5. The van der Waals surface area contributed by atoms with Crippen molar-refractivity contribution in [2.45, 2.75) is 30.8 Å². The summed E-state index contributed by atoms with van der Waals surface area (Å²) in [6.07, 6.45) is -0.309. The number of benzene rings is 3. The van der Waals surface area contributed by atoms with Crippen molar-refractivity contribution in [1.29, 1.82) is 0 Å². The van der Waals surface area contributed by atoms with Crippen LogP contribution in [0.25, 0.3) is 11.1 Å². The number of nitrogens with zero attached hydrogens (tertiary/aromatic N) is 1. The number of aryl methyl sites for hydroxylation is 1. The first-order valence-corrected chi connectivity index (χ1v) is 12.1. The Hall–Kier alpha value is -3.46.